The molecule has 1 aromatic rings. The molecule has 1 unspecified atom stereocenters. The van der Waals surface area contributed by atoms with Crippen LogP contribution in [-0.4, -0.2) is 31.5 Å². The first-order chi connectivity index (χ1) is 7.46. The van der Waals surface area contributed by atoms with E-state index in [0.29, 0.717) is 9.87 Å². The summed E-state index contributed by atoms with van der Waals surface area (Å²) in [4.78, 5) is 22.9. The van der Waals surface area contributed by atoms with Crippen molar-refractivity contribution in [3.8, 4) is 0 Å². The van der Waals surface area contributed by atoms with E-state index >= 15 is 0 Å². The van der Waals surface area contributed by atoms with Crippen LogP contribution < -0.4 is 0 Å². The highest BCUT2D eigenvalue weighted by molar-refractivity contribution is 7.91. The van der Waals surface area contributed by atoms with Gasteiger partial charge in [-0.2, -0.15) is 0 Å². The lowest BCUT2D eigenvalue weighted by Crippen LogP contribution is -2.26. The molecule has 0 bridgehead atoms. The van der Waals surface area contributed by atoms with Gasteiger partial charge in [0.05, 0.1) is 0 Å². The van der Waals surface area contributed by atoms with Crippen molar-refractivity contribution in [1.29, 1.82) is 0 Å². The molecule has 1 aliphatic heterocycles. The number of carbonyl (C=O) groups excluding carboxylic acids is 2. The van der Waals surface area contributed by atoms with Crippen LogP contribution in [0, 0.1) is 0 Å². The summed E-state index contributed by atoms with van der Waals surface area (Å²) >= 11 is 0. The van der Waals surface area contributed by atoms with Crippen LogP contribution >= 0.6 is 0 Å². The molecule has 1 aromatic carbocycles. The molecular weight excluding hydrogens is 230 g/mol. The number of Topliss-reactive ketones (excluding diaryl/α,β-unsaturated/α-hetero) is 1. The number of likely N-dealkylation sites (N-methyl/N-ethyl adjacent to an activating group) is 1. The first-order valence-electron chi connectivity index (χ1n) is 4.57. The molecule has 1 amide bonds. The molecule has 5 nitrogen and oxygen atoms in total. The minimum Gasteiger partial charge on any atom is -0.287 e. The van der Waals surface area contributed by atoms with Crippen molar-refractivity contribution >= 4 is 21.7 Å². The molecule has 2 rings (SSSR count). The zero-order valence-corrected chi connectivity index (χ0v) is 9.27. The van der Waals surface area contributed by atoms with Crippen molar-refractivity contribution in [2.24, 2.45) is 0 Å². The van der Waals surface area contributed by atoms with E-state index in [1.165, 1.54) is 12.1 Å². The summed E-state index contributed by atoms with van der Waals surface area (Å²) in [5, 5.41) is -1.38. The van der Waals surface area contributed by atoms with E-state index < -0.39 is 27.0 Å². The zero-order chi connectivity index (χ0) is 11.9. The molecule has 1 saturated heterocycles. The van der Waals surface area contributed by atoms with Crippen LogP contribution in [0.1, 0.15) is 10.8 Å². The first-order valence-corrected chi connectivity index (χ1v) is 6.07. The molecule has 16 heavy (non-hydrogen) atoms. The standard InChI is InChI=1S/C10H9NO4S/c1-11-10(13)8(12)9(16(11,14)15)7-5-3-2-4-6-7/h2-6,9H,1H3. The second-order valence-corrected chi connectivity index (χ2v) is 5.52. The largest absolute Gasteiger partial charge is 0.305 e. The van der Waals surface area contributed by atoms with E-state index in [1.54, 1.807) is 18.2 Å². The van der Waals surface area contributed by atoms with Gasteiger partial charge in [-0.25, -0.2) is 12.7 Å². The van der Waals surface area contributed by atoms with Crippen LogP contribution in [0.15, 0.2) is 30.3 Å². The molecule has 0 N–H and O–H groups in total. The van der Waals surface area contributed by atoms with E-state index in [1.807, 2.05) is 0 Å². The summed E-state index contributed by atoms with van der Waals surface area (Å²) in [5.74, 6) is -1.87. The summed E-state index contributed by atoms with van der Waals surface area (Å²) in [5.41, 5.74) is 0.324. The van der Waals surface area contributed by atoms with Crippen molar-refractivity contribution in [2.75, 3.05) is 7.05 Å². The third kappa shape index (κ3) is 1.34. The van der Waals surface area contributed by atoms with E-state index in [-0.39, 0.29) is 0 Å². The molecule has 1 fully saturated rings. The van der Waals surface area contributed by atoms with Crippen molar-refractivity contribution in [1.82, 2.24) is 4.31 Å². The second kappa shape index (κ2) is 3.41. The summed E-state index contributed by atoms with van der Waals surface area (Å²) < 4.78 is 24.1. The number of benzene rings is 1. The lowest BCUT2D eigenvalue weighted by Gasteiger charge is -2.10. The maximum absolute atomic E-state index is 11.8. The number of amides is 1. The number of hydrogen-bond donors (Lipinski definition) is 0. The van der Waals surface area contributed by atoms with Gasteiger partial charge in [-0.3, -0.25) is 9.59 Å². The quantitative estimate of drug-likeness (QED) is 0.651. The van der Waals surface area contributed by atoms with Gasteiger partial charge in [-0.05, 0) is 5.56 Å². The van der Waals surface area contributed by atoms with Crippen LogP contribution in [0.5, 0.6) is 0 Å². The van der Waals surface area contributed by atoms with E-state index in [2.05, 4.69) is 0 Å². The maximum atomic E-state index is 11.8. The molecule has 0 radical (unpaired) electrons. The molecule has 0 aliphatic carbocycles. The Morgan fingerprint density at radius 1 is 1.12 bits per heavy atom. The number of rotatable bonds is 1. The Morgan fingerprint density at radius 3 is 2.12 bits per heavy atom. The van der Waals surface area contributed by atoms with Crippen molar-refractivity contribution in [3.05, 3.63) is 35.9 Å². The highest BCUT2D eigenvalue weighted by atomic mass is 32.2. The average molecular weight is 239 g/mol. The van der Waals surface area contributed by atoms with Gasteiger partial charge in [0.2, 0.25) is 5.78 Å². The molecule has 1 aliphatic rings. The van der Waals surface area contributed by atoms with E-state index in [9.17, 15) is 18.0 Å². The summed E-state index contributed by atoms with van der Waals surface area (Å²) in [6.45, 7) is 0. The molecule has 0 aromatic heterocycles. The van der Waals surface area contributed by atoms with Crippen LogP contribution in [0.4, 0.5) is 0 Å². The Morgan fingerprint density at radius 2 is 1.69 bits per heavy atom. The Bertz CT molecular complexity index is 549. The van der Waals surface area contributed by atoms with Gasteiger partial charge in [0.25, 0.3) is 10.0 Å². The van der Waals surface area contributed by atoms with Gasteiger partial charge in [-0.1, -0.05) is 30.3 Å². The SMILES string of the molecule is CN1C(=O)C(=O)C(c2ccccc2)S1(=O)=O. The highest BCUT2D eigenvalue weighted by Gasteiger charge is 2.50. The molecule has 1 atom stereocenters. The monoisotopic (exact) mass is 239 g/mol. The van der Waals surface area contributed by atoms with Gasteiger partial charge >= 0.3 is 5.91 Å². The second-order valence-electron chi connectivity index (χ2n) is 3.47. The van der Waals surface area contributed by atoms with Crippen molar-refractivity contribution < 1.29 is 18.0 Å². The van der Waals surface area contributed by atoms with E-state index in [4.69, 9.17) is 0 Å². The normalized spacial score (nSPS) is 23.8. The fourth-order valence-corrected chi connectivity index (χ4v) is 3.14. The van der Waals surface area contributed by atoms with Gasteiger partial charge in [-0.15, -0.1) is 0 Å². The Balaban J connectivity index is 2.59. The fourth-order valence-electron chi connectivity index (χ4n) is 1.63. The molecule has 84 valence electrons. The molecule has 0 saturated carbocycles. The Kier molecular flexibility index (Phi) is 2.31. The summed E-state index contributed by atoms with van der Waals surface area (Å²) in [6, 6.07) is 8.00. The number of ketones is 1. The van der Waals surface area contributed by atoms with Crippen molar-refractivity contribution in [2.45, 2.75) is 5.25 Å². The predicted octanol–water partition coefficient (Wildman–Crippen LogP) is 0.0986. The first kappa shape index (κ1) is 10.8. The topological polar surface area (TPSA) is 71.5 Å². The number of nitrogens with zero attached hydrogens (tertiary/aromatic N) is 1. The van der Waals surface area contributed by atoms with Crippen LogP contribution in [0.2, 0.25) is 0 Å². The third-order valence-electron chi connectivity index (χ3n) is 2.52. The molecule has 6 heteroatoms. The minimum absolute atomic E-state index is 0.324. The third-order valence-corrected chi connectivity index (χ3v) is 4.53. The average Bonchev–Trinajstić information content (AvgIpc) is 2.41. The van der Waals surface area contributed by atoms with Crippen LogP contribution in [-0.2, 0) is 19.6 Å². The van der Waals surface area contributed by atoms with Gasteiger partial charge in [0.1, 0.15) is 0 Å². The zero-order valence-electron chi connectivity index (χ0n) is 8.45. The molecule has 0 spiro atoms. The Labute approximate surface area is 92.7 Å². The lowest BCUT2D eigenvalue weighted by atomic mass is 10.1. The number of carbonyl (C=O) groups is 2. The fraction of sp³-hybridized carbons (Fsp3) is 0.200. The highest BCUT2D eigenvalue weighted by Crippen LogP contribution is 2.32. The smallest absolute Gasteiger partial charge is 0.287 e. The lowest BCUT2D eigenvalue weighted by molar-refractivity contribution is -0.139. The minimum atomic E-state index is -3.88. The van der Waals surface area contributed by atoms with E-state index in [0.717, 1.165) is 7.05 Å². The van der Waals surface area contributed by atoms with Gasteiger partial charge < -0.3 is 0 Å². The number of hydrogen-bond acceptors (Lipinski definition) is 4. The Hall–Kier alpha value is -1.69. The number of sulfonamides is 1. The van der Waals surface area contributed by atoms with Crippen molar-refractivity contribution in [3.63, 3.8) is 0 Å². The van der Waals surface area contributed by atoms with Gasteiger partial charge in [0, 0.05) is 7.05 Å². The predicted molar refractivity (Wildman–Crippen MR) is 55.9 cm³/mol. The van der Waals surface area contributed by atoms with Crippen LogP contribution in [0.3, 0.4) is 0 Å². The molecule has 1 heterocycles. The summed E-state index contributed by atoms with van der Waals surface area (Å²) in [7, 11) is -2.79. The van der Waals surface area contributed by atoms with Gasteiger partial charge in [0.15, 0.2) is 5.25 Å². The summed E-state index contributed by atoms with van der Waals surface area (Å²) in [6.07, 6.45) is 0. The molecular formula is C10H9NO4S. The van der Waals surface area contributed by atoms with Crippen LogP contribution in [0.25, 0.3) is 0 Å². The maximum Gasteiger partial charge on any atom is 0.305 e.